The van der Waals surface area contributed by atoms with Crippen LogP contribution < -0.4 is 5.32 Å². The summed E-state index contributed by atoms with van der Waals surface area (Å²) in [6.45, 7) is 3.58. The average molecular weight is 540 g/mol. The predicted molar refractivity (Wildman–Crippen MR) is 154 cm³/mol. The SMILES string of the molecule is Fc1ccc(-c2cccc3[nH]c(C4=CCNc5ccc(-c6cncc(CN7CCCCC7)c6)c(F)c54)nc23)s1. The molecule has 2 aliphatic heterocycles. The first-order chi connectivity index (χ1) is 19.1. The molecule has 5 aromatic rings. The smallest absolute Gasteiger partial charge is 0.176 e. The second kappa shape index (κ2) is 10.0. The van der Waals surface area contributed by atoms with Gasteiger partial charge in [0.2, 0.25) is 0 Å². The number of nitrogens with zero attached hydrogens (tertiary/aromatic N) is 3. The highest BCUT2D eigenvalue weighted by Crippen LogP contribution is 2.40. The van der Waals surface area contributed by atoms with Crippen molar-refractivity contribution in [3.05, 3.63) is 94.9 Å². The van der Waals surface area contributed by atoms with Crippen LogP contribution >= 0.6 is 11.3 Å². The average Bonchev–Trinajstić information content (AvgIpc) is 3.60. The maximum absolute atomic E-state index is 16.4. The highest BCUT2D eigenvalue weighted by atomic mass is 32.1. The van der Waals surface area contributed by atoms with Crippen LogP contribution in [0.5, 0.6) is 0 Å². The molecule has 5 heterocycles. The van der Waals surface area contributed by atoms with Crippen LogP contribution in [-0.2, 0) is 6.54 Å². The molecule has 0 radical (unpaired) electrons. The first kappa shape index (κ1) is 24.2. The van der Waals surface area contributed by atoms with Crippen LogP contribution in [0, 0.1) is 10.9 Å². The van der Waals surface area contributed by atoms with E-state index in [9.17, 15) is 4.39 Å². The van der Waals surface area contributed by atoms with Crippen molar-refractivity contribution in [2.75, 3.05) is 25.0 Å². The Bertz CT molecular complexity index is 1710. The number of anilines is 1. The van der Waals surface area contributed by atoms with E-state index in [0.29, 0.717) is 29.1 Å². The number of imidazole rings is 1. The molecule has 2 aliphatic rings. The van der Waals surface area contributed by atoms with Gasteiger partial charge in [-0.3, -0.25) is 9.88 Å². The Hall–Kier alpha value is -3.88. The Morgan fingerprint density at radius 2 is 1.85 bits per heavy atom. The molecule has 1 saturated heterocycles. The lowest BCUT2D eigenvalue weighted by Gasteiger charge is -2.26. The van der Waals surface area contributed by atoms with Gasteiger partial charge >= 0.3 is 0 Å². The molecule has 3 aromatic heterocycles. The minimum atomic E-state index is -0.302. The summed E-state index contributed by atoms with van der Waals surface area (Å²) in [7, 11) is 0. The Kier molecular flexibility index (Phi) is 6.21. The molecule has 196 valence electrons. The minimum absolute atomic E-state index is 0.239. The molecule has 8 heteroatoms. The number of hydrogen-bond donors (Lipinski definition) is 2. The number of pyridine rings is 1. The predicted octanol–water partition coefficient (Wildman–Crippen LogP) is 7.47. The van der Waals surface area contributed by atoms with Crippen molar-refractivity contribution in [3.63, 3.8) is 0 Å². The van der Waals surface area contributed by atoms with E-state index in [1.165, 1.54) is 25.3 Å². The Labute approximate surface area is 229 Å². The third kappa shape index (κ3) is 4.53. The zero-order valence-electron chi connectivity index (χ0n) is 21.3. The van der Waals surface area contributed by atoms with Crippen LogP contribution in [0.2, 0.25) is 0 Å². The molecule has 0 aliphatic carbocycles. The summed E-state index contributed by atoms with van der Waals surface area (Å²) in [5, 5.41) is 3.06. The monoisotopic (exact) mass is 539 g/mol. The fourth-order valence-corrected chi connectivity index (χ4v) is 6.46. The molecule has 5 nitrogen and oxygen atoms in total. The molecule has 1 fully saturated rings. The molecule has 7 rings (SSSR count). The number of hydrogen-bond acceptors (Lipinski definition) is 5. The number of thiophene rings is 1. The maximum atomic E-state index is 16.4. The Morgan fingerprint density at radius 3 is 2.69 bits per heavy atom. The van der Waals surface area contributed by atoms with Gasteiger partial charge in [-0.15, -0.1) is 11.3 Å². The van der Waals surface area contributed by atoms with E-state index in [4.69, 9.17) is 4.98 Å². The largest absolute Gasteiger partial charge is 0.381 e. The molecule has 0 amide bonds. The second-order valence-corrected chi connectivity index (χ2v) is 11.2. The van der Waals surface area contributed by atoms with Gasteiger partial charge in [-0.05, 0) is 67.9 Å². The summed E-state index contributed by atoms with van der Waals surface area (Å²) in [6, 6.07) is 14.8. The second-order valence-electron chi connectivity index (χ2n) is 10.2. The topological polar surface area (TPSA) is 56.8 Å². The van der Waals surface area contributed by atoms with Crippen LogP contribution in [0.1, 0.15) is 36.2 Å². The molecule has 2 aromatic carbocycles. The van der Waals surface area contributed by atoms with E-state index >= 15 is 4.39 Å². The molecule has 0 bridgehead atoms. The maximum Gasteiger partial charge on any atom is 0.176 e. The number of aromatic amines is 1. The Morgan fingerprint density at radius 1 is 0.949 bits per heavy atom. The van der Waals surface area contributed by atoms with Gasteiger partial charge in [0.1, 0.15) is 11.6 Å². The van der Waals surface area contributed by atoms with Gasteiger partial charge in [0.15, 0.2) is 5.13 Å². The van der Waals surface area contributed by atoms with Gasteiger partial charge in [-0.2, -0.15) is 4.39 Å². The van der Waals surface area contributed by atoms with E-state index < -0.39 is 0 Å². The summed E-state index contributed by atoms with van der Waals surface area (Å²) >= 11 is 1.09. The standard InChI is InChI=1S/C31H27F2N5S/c32-27-10-9-26(39-27)22-5-4-6-25-30(22)37-31(36-25)23-11-12-35-24-8-7-21(29(33)28(23)24)20-15-19(16-34-17-20)18-38-13-2-1-3-14-38/h4-11,15-17,35H,1-3,12-14,18H2,(H,36,37). The zero-order valence-corrected chi connectivity index (χ0v) is 22.1. The molecule has 0 unspecified atom stereocenters. The van der Waals surface area contributed by atoms with Crippen molar-refractivity contribution >= 4 is 33.6 Å². The van der Waals surface area contributed by atoms with Crippen LogP contribution in [0.15, 0.2) is 67.0 Å². The molecule has 0 saturated carbocycles. The summed E-state index contributed by atoms with van der Waals surface area (Å²) in [5.41, 5.74) is 6.71. The lowest BCUT2D eigenvalue weighted by atomic mass is 9.94. The lowest BCUT2D eigenvalue weighted by molar-refractivity contribution is 0.220. The van der Waals surface area contributed by atoms with Gasteiger partial charge in [0.25, 0.3) is 0 Å². The molecular formula is C31H27F2N5S. The zero-order chi connectivity index (χ0) is 26.3. The van der Waals surface area contributed by atoms with E-state index in [-0.39, 0.29) is 10.9 Å². The third-order valence-corrected chi connectivity index (χ3v) is 8.48. The number of para-hydroxylation sites is 1. The van der Waals surface area contributed by atoms with Crippen LogP contribution in [0.25, 0.3) is 38.2 Å². The summed E-state index contributed by atoms with van der Waals surface area (Å²) in [6.07, 6.45) is 9.31. The third-order valence-electron chi connectivity index (χ3n) is 7.58. The first-order valence-electron chi connectivity index (χ1n) is 13.3. The van der Waals surface area contributed by atoms with Crippen molar-refractivity contribution in [2.24, 2.45) is 0 Å². The van der Waals surface area contributed by atoms with Crippen LogP contribution in [0.4, 0.5) is 14.5 Å². The van der Waals surface area contributed by atoms with Gasteiger partial charge < -0.3 is 10.3 Å². The molecular weight excluding hydrogens is 512 g/mol. The van der Waals surface area contributed by atoms with Crippen molar-refractivity contribution in [3.8, 4) is 21.6 Å². The Balaban J connectivity index is 1.27. The van der Waals surface area contributed by atoms with Crippen LogP contribution in [-0.4, -0.2) is 39.5 Å². The van der Waals surface area contributed by atoms with Crippen molar-refractivity contribution in [1.82, 2.24) is 19.9 Å². The quantitative estimate of drug-likeness (QED) is 0.243. The minimum Gasteiger partial charge on any atom is -0.381 e. The number of likely N-dealkylation sites (tertiary alicyclic amines) is 1. The summed E-state index contributed by atoms with van der Waals surface area (Å²) < 4.78 is 30.1. The molecule has 0 atom stereocenters. The number of H-pyrrole nitrogens is 1. The van der Waals surface area contributed by atoms with Crippen molar-refractivity contribution in [1.29, 1.82) is 0 Å². The van der Waals surface area contributed by atoms with E-state index in [0.717, 1.165) is 69.3 Å². The van der Waals surface area contributed by atoms with Gasteiger partial charge in [-0.1, -0.05) is 24.6 Å². The lowest BCUT2D eigenvalue weighted by Crippen LogP contribution is -2.29. The number of nitrogens with one attached hydrogen (secondary N) is 2. The number of piperidine rings is 1. The van der Waals surface area contributed by atoms with Gasteiger partial charge in [0, 0.05) is 63.9 Å². The number of aromatic nitrogens is 3. The van der Waals surface area contributed by atoms with Gasteiger partial charge in [0.05, 0.1) is 11.0 Å². The number of halogens is 2. The molecule has 2 N–H and O–H groups in total. The normalized spacial score (nSPS) is 15.7. The molecule has 39 heavy (non-hydrogen) atoms. The van der Waals surface area contributed by atoms with E-state index in [2.05, 4.69) is 26.3 Å². The number of rotatable bonds is 5. The number of fused-ring (bicyclic) bond motifs is 2. The molecule has 0 spiro atoms. The van der Waals surface area contributed by atoms with E-state index in [1.54, 1.807) is 12.3 Å². The van der Waals surface area contributed by atoms with Crippen molar-refractivity contribution in [2.45, 2.75) is 25.8 Å². The highest BCUT2D eigenvalue weighted by Gasteiger charge is 2.24. The first-order valence-corrected chi connectivity index (χ1v) is 14.1. The fraction of sp³-hybridized carbons (Fsp3) is 0.226. The van der Waals surface area contributed by atoms with E-state index in [1.807, 2.05) is 42.6 Å². The fourth-order valence-electron chi connectivity index (χ4n) is 5.70. The number of benzene rings is 2. The van der Waals surface area contributed by atoms with Crippen LogP contribution in [0.3, 0.4) is 0 Å². The van der Waals surface area contributed by atoms with Crippen molar-refractivity contribution < 1.29 is 8.78 Å². The highest BCUT2D eigenvalue weighted by molar-refractivity contribution is 7.14. The summed E-state index contributed by atoms with van der Waals surface area (Å²) in [5.74, 6) is 0.286. The van der Waals surface area contributed by atoms with Gasteiger partial charge in [-0.25, -0.2) is 9.37 Å². The summed E-state index contributed by atoms with van der Waals surface area (Å²) in [4.78, 5) is 16.0.